The van der Waals surface area contributed by atoms with E-state index < -0.39 is 51.8 Å². The predicted molar refractivity (Wildman–Crippen MR) is 141 cm³/mol. The lowest BCUT2D eigenvalue weighted by Gasteiger charge is -2.54. The van der Waals surface area contributed by atoms with E-state index in [-0.39, 0.29) is 13.0 Å². The zero-order valence-corrected chi connectivity index (χ0v) is 22.1. The van der Waals surface area contributed by atoms with E-state index in [0.29, 0.717) is 32.8 Å². The third kappa shape index (κ3) is 3.40. The summed E-state index contributed by atoms with van der Waals surface area (Å²) in [5.41, 5.74) is 3.18. The topological polar surface area (TPSA) is 80.8 Å². The molecule has 7 rings (SSSR count). The van der Waals surface area contributed by atoms with Crippen molar-refractivity contribution >= 4 is 58.4 Å². The highest BCUT2D eigenvalue weighted by atomic mass is 35.5. The predicted octanol–water partition coefficient (Wildman–Crippen LogP) is 5.05. The van der Waals surface area contributed by atoms with Crippen LogP contribution >= 0.6 is 34.8 Å². The van der Waals surface area contributed by atoms with Crippen molar-refractivity contribution in [2.75, 3.05) is 13.2 Å². The van der Waals surface area contributed by atoms with Gasteiger partial charge in [-0.3, -0.25) is 24.1 Å². The zero-order chi connectivity index (χ0) is 26.8. The van der Waals surface area contributed by atoms with Gasteiger partial charge in [0.25, 0.3) is 0 Å². The molecule has 0 aromatic heterocycles. The fourth-order valence-corrected chi connectivity index (χ4v) is 7.31. The van der Waals surface area contributed by atoms with Crippen LogP contribution in [0.2, 0.25) is 5.02 Å². The van der Waals surface area contributed by atoms with E-state index in [0.717, 1.165) is 4.90 Å². The van der Waals surface area contributed by atoms with Crippen LogP contribution in [-0.2, 0) is 28.9 Å². The molecule has 2 amide bonds. The van der Waals surface area contributed by atoms with Crippen LogP contribution in [0, 0.1) is 11.8 Å². The quantitative estimate of drug-likeness (QED) is 0.180. The van der Waals surface area contributed by atoms with Gasteiger partial charge in [0.2, 0.25) is 11.8 Å². The first kappa shape index (κ1) is 25.1. The highest BCUT2D eigenvalue weighted by Gasteiger charge is 2.72. The lowest BCUT2D eigenvalue weighted by molar-refractivity contribution is -0.145. The van der Waals surface area contributed by atoms with Crippen LogP contribution in [-0.4, -0.2) is 41.6 Å². The van der Waals surface area contributed by atoms with Crippen LogP contribution in [0.25, 0.3) is 0 Å². The molecule has 0 unspecified atom stereocenters. The minimum Gasteiger partial charge on any atom is -0.457 e. The van der Waals surface area contributed by atoms with Gasteiger partial charge in [0.15, 0.2) is 12.4 Å². The van der Waals surface area contributed by atoms with Crippen molar-refractivity contribution < 1.29 is 23.9 Å². The molecular formula is C29H20Cl3NO5. The smallest absolute Gasteiger partial charge is 0.308 e. The van der Waals surface area contributed by atoms with Gasteiger partial charge in [0.1, 0.15) is 9.75 Å². The fraction of sp³-hybridized carbons (Fsp3) is 0.241. The largest absolute Gasteiger partial charge is 0.457 e. The second-order valence-electron chi connectivity index (χ2n) is 9.64. The summed E-state index contributed by atoms with van der Waals surface area (Å²) in [5.74, 6) is -3.92. The van der Waals surface area contributed by atoms with E-state index in [1.807, 2.05) is 48.5 Å². The van der Waals surface area contributed by atoms with Gasteiger partial charge < -0.3 is 4.74 Å². The molecule has 3 aromatic carbocycles. The number of hydrogen-bond donors (Lipinski definition) is 0. The number of amides is 2. The minimum atomic E-state index is -1.28. The Morgan fingerprint density at radius 1 is 0.763 bits per heavy atom. The highest BCUT2D eigenvalue weighted by Crippen LogP contribution is 2.69. The Hall–Kier alpha value is -3.19. The molecule has 4 aliphatic rings. The van der Waals surface area contributed by atoms with Crippen molar-refractivity contribution in [2.24, 2.45) is 11.8 Å². The van der Waals surface area contributed by atoms with Crippen molar-refractivity contribution in [1.82, 2.24) is 4.90 Å². The zero-order valence-electron chi connectivity index (χ0n) is 19.8. The molecule has 192 valence electrons. The number of alkyl halides is 2. The molecule has 0 saturated carbocycles. The average molecular weight is 569 g/mol. The number of Topliss-reactive ketones (excluding diaryl/α,β-unsaturated/α-hetero) is 1. The minimum absolute atomic E-state index is 0.203. The molecule has 0 spiro atoms. The van der Waals surface area contributed by atoms with Gasteiger partial charge in [-0.2, -0.15) is 0 Å². The maximum absolute atomic E-state index is 13.7. The van der Waals surface area contributed by atoms with Crippen molar-refractivity contribution in [1.29, 1.82) is 0 Å². The van der Waals surface area contributed by atoms with Crippen LogP contribution < -0.4 is 0 Å². The second kappa shape index (κ2) is 8.94. The van der Waals surface area contributed by atoms with E-state index in [1.54, 1.807) is 12.1 Å². The number of halogens is 3. The first-order valence-corrected chi connectivity index (χ1v) is 13.2. The van der Waals surface area contributed by atoms with Gasteiger partial charge in [-0.15, -0.1) is 23.2 Å². The second-order valence-corrected chi connectivity index (χ2v) is 11.3. The number of ether oxygens (including phenoxy) is 1. The first-order chi connectivity index (χ1) is 18.2. The summed E-state index contributed by atoms with van der Waals surface area (Å²) in [6.07, 6.45) is -0.269. The molecule has 1 saturated heterocycles. The van der Waals surface area contributed by atoms with Gasteiger partial charge >= 0.3 is 5.97 Å². The Kier molecular flexibility index (Phi) is 5.91. The number of rotatable bonds is 6. The summed E-state index contributed by atoms with van der Waals surface area (Å²) in [6.45, 7) is -0.668. The monoisotopic (exact) mass is 567 g/mol. The number of likely N-dealkylation sites (tertiary alicyclic amines) is 1. The van der Waals surface area contributed by atoms with Crippen molar-refractivity contribution in [3.63, 3.8) is 0 Å². The average Bonchev–Trinajstić information content (AvgIpc) is 3.19. The van der Waals surface area contributed by atoms with Gasteiger partial charge in [0.05, 0.1) is 18.3 Å². The van der Waals surface area contributed by atoms with E-state index in [2.05, 4.69) is 0 Å². The first-order valence-electron chi connectivity index (χ1n) is 12.1. The molecule has 1 heterocycles. The maximum atomic E-state index is 13.7. The van der Waals surface area contributed by atoms with Crippen molar-refractivity contribution in [3.05, 3.63) is 106 Å². The molecular weight excluding hydrogens is 549 g/mol. The number of hydrogen-bond acceptors (Lipinski definition) is 5. The van der Waals surface area contributed by atoms with Crippen LogP contribution in [0.4, 0.5) is 0 Å². The maximum Gasteiger partial charge on any atom is 0.308 e. The molecule has 2 atom stereocenters. The van der Waals surface area contributed by atoms with Crippen molar-refractivity contribution in [3.8, 4) is 0 Å². The van der Waals surface area contributed by atoms with E-state index in [1.165, 1.54) is 12.1 Å². The normalized spacial score (nSPS) is 26.6. The molecule has 1 fully saturated rings. The van der Waals surface area contributed by atoms with Gasteiger partial charge in [-0.05, 0) is 46.5 Å². The van der Waals surface area contributed by atoms with Crippen LogP contribution in [0.3, 0.4) is 0 Å². The fourth-order valence-electron chi connectivity index (χ4n) is 6.09. The number of esters is 1. The molecule has 0 N–H and O–H groups in total. The number of ketones is 1. The Morgan fingerprint density at radius 2 is 1.21 bits per heavy atom. The Morgan fingerprint density at radius 3 is 1.66 bits per heavy atom. The third-order valence-electron chi connectivity index (χ3n) is 7.75. The summed E-state index contributed by atoms with van der Waals surface area (Å²) in [7, 11) is 0. The third-order valence-corrected chi connectivity index (χ3v) is 9.28. The molecule has 2 bridgehead atoms. The summed E-state index contributed by atoms with van der Waals surface area (Å²) in [6, 6.07) is 20.9. The Labute approximate surface area is 233 Å². The van der Waals surface area contributed by atoms with Crippen LogP contribution in [0.1, 0.15) is 39.0 Å². The number of carbonyl (C=O) groups is 4. The molecule has 3 aromatic rings. The lowest BCUT2D eigenvalue weighted by atomic mass is 9.54. The SMILES string of the molecule is O=C(CCN1C(=O)[C@@H]2[C@@H](C1=O)C1(Cl)c3ccccc3C2(Cl)c2ccccc21)OCC(=O)c1ccc(Cl)cc1. The summed E-state index contributed by atoms with van der Waals surface area (Å²) in [4.78, 5) is 50.7. The summed E-state index contributed by atoms with van der Waals surface area (Å²) in [5, 5.41) is 0.483. The molecule has 38 heavy (non-hydrogen) atoms. The highest BCUT2D eigenvalue weighted by molar-refractivity contribution is 6.36. The summed E-state index contributed by atoms with van der Waals surface area (Å²) >= 11 is 20.6. The van der Waals surface area contributed by atoms with E-state index in [9.17, 15) is 19.2 Å². The van der Waals surface area contributed by atoms with E-state index in [4.69, 9.17) is 39.5 Å². The number of benzene rings is 3. The molecule has 9 heteroatoms. The summed E-state index contributed by atoms with van der Waals surface area (Å²) < 4.78 is 5.11. The molecule has 0 radical (unpaired) electrons. The molecule has 1 aliphatic heterocycles. The van der Waals surface area contributed by atoms with Gasteiger partial charge in [0, 0.05) is 17.1 Å². The number of carbonyl (C=O) groups excluding carboxylic acids is 4. The van der Waals surface area contributed by atoms with Gasteiger partial charge in [-0.25, -0.2) is 0 Å². The lowest BCUT2D eigenvalue weighted by Crippen LogP contribution is -2.57. The van der Waals surface area contributed by atoms with Crippen molar-refractivity contribution in [2.45, 2.75) is 16.2 Å². The van der Waals surface area contributed by atoms with E-state index >= 15 is 0 Å². The molecule has 6 nitrogen and oxygen atoms in total. The Bertz CT molecular complexity index is 1400. The van der Waals surface area contributed by atoms with Crippen LogP contribution in [0.15, 0.2) is 72.8 Å². The number of imide groups is 1. The number of nitrogens with zero attached hydrogens (tertiary/aromatic N) is 1. The molecule has 3 aliphatic carbocycles. The standard InChI is InChI=1S/C29H20Cl3NO5/c30-17-11-9-16(10-12-17)22(34)15-38-23(35)13-14-33-26(36)24-25(27(33)37)29(32)19-6-2-1-5-18(19)28(24,31)20-7-3-4-8-21(20)29/h1-12,24-25H,13-15H2/t24-,25-,28?,29?/m0/s1. The van der Waals surface area contributed by atoms with Gasteiger partial charge in [-0.1, -0.05) is 60.1 Å². The Balaban J connectivity index is 1.23. The van der Waals surface area contributed by atoms with Crippen LogP contribution in [0.5, 0.6) is 0 Å².